The van der Waals surface area contributed by atoms with E-state index in [1.54, 1.807) is 7.11 Å². The first-order chi connectivity index (χ1) is 10.2. The highest BCUT2D eigenvalue weighted by molar-refractivity contribution is 5.53. The third kappa shape index (κ3) is 2.28. The number of para-hydroxylation sites is 1. The number of nitrogens with two attached hydrogens (primary N) is 1. The normalized spacial score (nSPS) is 20.1. The molecule has 0 amide bonds. The Labute approximate surface area is 125 Å². The zero-order chi connectivity index (χ0) is 14.9. The average molecular weight is 283 g/mol. The second-order valence-corrected chi connectivity index (χ2v) is 5.42. The summed E-state index contributed by atoms with van der Waals surface area (Å²) in [6, 6.07) is 14.2. The quantitative estimate of drug-likeness (QED) is 0.937. The number of fused-ring (bicyclic) bond motifs is 1. The fourth-order valence-electron chi connectivity index (χ4n) is 3.18. The number of hydrogen-bond acceptors (Lipinski definition) is 3. The van der Waals surface area contributed by atoms with Gasteiger partial charge in [0, 0.05) is 5.56 Å². The molecule has 0 fully saturated rings. The molecule has 0 aromatic heterocycles. The van der Waals surface area contributed by atoms with Crippen LogP contribution in [0.1, 0.15) is 30.0 Å². The first kappa shape index (κ1) is 14.0. The highest BCUT2D eigenvalue weighted by atomic mass is 16.5. The average Bonchev–Trinajstić information content (AvgIpc) is 2.86. The Morgan fingerprint density at radius 2 is 1.95 bits per heavy atom. The van der Waals surface area contributed by atoms with Crippen LogP contribution in [0.25, 0.3) is 0 Å². The Balaban J connectivity index is 2.12. The molecule has 21 heavy (non-hydrogen) atoms. The third-order valence-electron chi connectivity index (χ3n) is 4.25. The molecule has 2 aromatic rings. The summed E-state index contributed by atoms with van der Waals surface area (Å²) in [5.41, 5.74) is 9.80. The van der Waals surface area contributed by atoms with Crippen molar-refractivity contribution < 1.29 is 9.47 Å². The smallest absolute Gasteiger partial charge is 0.124 e. The fraction of sp³-hybridized carbons (Fsp3) is 0.333. The SMILES string of the molecule is CCOc1ccccc1C1(N)CCc2ccc(OC)cc21. The van der Waals surface area contributed by atoms with Gasteiger partial charge in [0.25, 0.3) is 0 Å². The van der Waals surface area contributed by atoms with E-state index >= 15 is 0 Å². The van der Waals surface area contributed by atoms with Crippen LogP contribution >= 0.6 is 0 Å². The standard InChI is InChI=1S/C18H21NO2/c1-3-21-17-7-5-4-6-15(17)18(19)11-10-13-8-9-14(20-2)12-16(13)18/h4-9,12H,3,10-11,19H2,1-2H3. The number of aryl methyl sites for hydroxylation is 1. The second kappa shape index (κ2) is 5.41. The lowest BCUT2D eigenvalue weighted by atomic mass is 9.84. The van der Waals surface area contributed by atoms with Crippen LogP contribution in [0.3, 0.4) is 0 Å². The van der Waals surface area contributed by atoms with E-state index in [9.17, 15) is 0 Å². The molecule has 3 heteroatoms. The van der Waals surface area contributed by atoms with Crippen molar-refractivity contribution in [1.29, 1.82) is 0 Å². The van der Waals surface area contributed by atoms with Crippen molar-refractivity contribution in [2.45, 2.75) is 25.3 Å². The minimum absolute atomic E-state index is 0.504. The number of hydrogen-bond donors (Lipinski definition) is 1. The van der Waals surface area contributed by atoms with Gasteiger partial charge >= 0.3 is 0 Å². The van der Waals surface area contributed by atoms with E-state index in [0.29, 0.717) is 6.61 Å². The molecule has 0 aliphatic heterocycles. The van der Waals surface area contributed by atoms with Gasteiger partial charge in [-0.05, 0) is 49.1 Å². The highest BCUT2D eigenvalue weighted by Gasteiger charge is 2.38. The van der Waals surface area contributed by atoms with Crippen molar-refractivity contribution >= 4 is 0 Å². The van der Waals surface area contributed by atoms with Crippen LogP contribution in [0.15, 0.2) is 42.5 Å². The van der Waals surface area contributed by atoms with Gasteiger partial charge in [-0.15, -0.1) is 0 Å². The summed E-state index contributed by atoms with van der Waals surface area (Å²) >= 11 is 0. The zero-order valence-corrected chi connectivity index (χ0v) is 12.6. The van der Waals surface area contributed by atoms with Gasteiger partial charge < -0.3 is 15.2 Å². The van der Waals surface area contributed by atoms with Crippen LogP contribution in [0.5, 0.6) is 11.5 Å². The molecular weight excluding hydrogens is 262 g/mol. The number of benzene rings is 2. The Morgan fingerprint density at radius 3 is 2.71 bits per heavy atom. The Kier molecular flexibility index (Phi) is 3.60. The van der Waals surface area contributed by atoms with E-state index < -0.39 is 5.54 Å². The summed E-state index contributed by atoms with van der Waals surface area (Å²) in [5.74, 6) is 1.72. The summed E-state index contributed by atoms with van der Waals surface area (Å²) in [4.78, 5) is 0. The Hall–Kier alpha value is -2.00. The summed E-state index contributed by atoms with van der Waals surface area (Å²) in [6.45, 7) is 2.63. The van der Waals surface area contributed by atoms with Crippen molar-refractivity contribution in [3.63, 3.8) is 0 Å². The zero-order valence-electron chi connectivity index (χ0n) is 12.6. The minimum Gasteiger partial charge on any atom is -0.497 e. The van der Waals surface area contributed by atoms with Crippen LogP contribution in [-0.4, -0.2) is 13.7 Å². The van der Waals surface area contributed by atoms with Gasteiger partial charge in [-0.1, -0.05) is 24.3 Å². The monoisotopic (exact) mass is 283 g/mol. The van der Waals surface area contributed by atoms with Crippen LogP contribution in [0.2, 0.25) is 0 Å². The van der Waals surface area contributed by atoms with E-state index in [-0.39, 0.29) is 0 Å². The predicted octanol–water partition coefficient (Wildman–Crippen LogP) is 3.24. The molecule has 0 heterocycles. The minimum atomic E-state index is -0.504. The molecule has 2 N–H and O–H groups in total. The van der Waals surface area contributed by atoms with Crippen LogP contribution in [0, 0.1) is 0 Å². The molecule has 1 aliphatic rings. The van der Waals surface area contributed by atoms with Crippen LogP contribution in [-0.2, 0) is 12.0 Å². The molecule has 1 aliphatic carbocycles. The maximum atomic E-state index is 6.81. The van der Waals surface area contributed by atoms with Crippen LogP contribution < -0.4 is 15.2 Å². The third-order valence-corrected chi connectivity index (χ3v) is 4.25. The summed E-state index contributed by atoms with van der Waals surface area (Å²) in [6.07, 6.45) is 1.87. The van der Waals surface area contributed by atoms with Gasteiger partial charge in [-0.2, -0.15) is 0 Å². The number of methoxy groups -OCH3 is 1. The van der Waals surface area contributed by atoms with Crippen molar-refractivity contribution in [3.8, 4) is 11.5 Å². The van der Waals surface area contributed by atoms with Gasteiger partial charge in [0.15, 0.2) is 0 Å². The highest BCUT2D eigenvalue weighted by Crippen LogP contribution is 2.44. The molecule has 2 aromatic carbocycles. The topological polar surface area (TPSA) is 44.5 Å². The van der Waals surface area contributed by atoms with Crippen molar-refractivity contribution in [3.05, 3.63) is 59.2 Å². The molecule has 3 nitrogen and oxygen atoms in total. The molecule has 3 rings (SSSR count). The number of rotatable bonds is 4. The predicted molar refractivity (Wildman–Crippen MR) is 83.9 cm³/mol. The summed E-state index contributed by atoms with van der Waals surface area (Å²) < 4.78 is 11.1. The van der Waals surface area contributed by atoms with E-state index in [4.69, 9.17) is 15.2 Å². The van der Waals surface area contributed by atoms with Gasteiger partial charge in [0.1, 0.15) is 11.5 Å². The molecule has 0 saturated heterocycles. The summed E-state index contributed by atoms with van der Waals surface area (Å²) in [5, 5.41) is 0. The molecule has 110 valence electrons. The molecule has 1 atom stereocenters. The van der Waals surface area contributed by atoms with Gasteiger partial charge in [0.2, 0.25) is 0 Å². The largest absolute Gasteiger partial charge is 0.497 e. The molecule has 0 saturated carbocycles. The van der Waals surface area contributed by atoms with E-state index in [0.717, 1.165) is 35.5 Å². The van der Waals surface area contributed by atoms with E-state index in [1.807, 2.05) is 31.2 Å². The first-order valence-corrected chi connectivity index (χ1v) is 7.37. The molecule has 0 bridgehead atoms. The lowest BCUT2D eigenvalue weighted by Gasteiger charge is -2.28. The van der Waals surface area contributed by atoms with Crippen molar-refractivity contribution in [2.24, 2.45) is 5.73 Å². The Bertz CT molecular complexity index is 653. The van der Waals surface area contributed by atoms with Gasteiger partial charge in [-0.25, -0.2) is 0 Å². The van der Waals surface area contributed by atoms with Gasteiger partial charge in [-0.3, -0.25) is 0 Å². The lowest BCUT2D eigenvalue weighted by molar-refractivity contribution is 0.328. The van der Waals surface area contributed by atoms with E-state index in [2.05, 4.69) is 18.2 Å². The van der Waals surface area contributed by atoms with E-state index in [1.165, 1.54) is 5.56 Å². The lowest BCUT2D eigenvalue weighted by Crippen LogP contribution is -2.35. The van der Waals surface area contributed by atoms with Crippen molar-refractivity contribution in [2.75, 3.05) is 13.7 Å². The first-order valence-electron chi connectivity index (χ1n) is 7.37. The fourth-order valence-corrected chi connectivity index (χ4v) is 3.18. The molecular formula is C18H21NO2. The van der Waals surface area contributed by atoms with Crippen molar-refractivity contribution in [1.82, 2.24) is 0 Å². The summed E-state index contributed by atoms with van der Waals surface area (Å²) in [7, 11) is 1.68. The molecule has 0 spiro atoms. The van der Waals surface area contributed by atoms with Crippen LogP contribution in [0.4, 0.5) is 0 Å². The van der Waals surface area contributed by atoms with Gasteiger partial charge in [0.05, 0.1) is 19.3 Å². The molecule has 1 unspecified atom stereocenters. The second-order valence-electron chi connectivity index (χ2n) is 5.42. The molecule has 0 radical (unpaired) electrons. The maximum absolute atomic E-state index is 6.81. The number of ether oxygens (including phenoxy) is 2. The Morgan fingerprint density at radius 1 is 1.14 bits per heavy atom. The maximum Gasteiger partial charge on any atom is 0.124 e.